The standard InChI is InChI=1S/C95H87N/c1-58(2)45-47-95(48-46-59(3)4)89-56-77(62-37-42-72-69-31-21-24-34-83(69)93(9,10)86(72)51-62)75(60-35-40-70-67-29-19-22-32-81(67)91(5,6)84(70)49-60)54-79(89)80-55-76(61-36-41-71-68-30-20-23-33-82(68)92(7,8)85(71)50-61)78(57-90(80)95)63-38-43-73-74-44-39-66(53-88(74)94(11,12)87(73)52-63)96(64-25-15-13-16-26-64)65-27-17-14-18-28-65/h13-44,49-59H,45-48H2,1-12H3. The maximum absolute atomic E-state index is 2.74. The average molecular weight is 1240 g/mol. The fourth-order valence-electron chi connectivity index (χ4n) is 18.5. The summed E-state index contributed by atoms with van der Waals surface area (Å²) in [5.74, 6) is 1.05. The Balaban J connectivity index is 0.910. The summed E-state index contributed by atoms with van der Waals surface area (Å²) in [7, 11) is 0. The molecule has 0 heterocycles. The van der Waals surface area contributed by atoms with E-state index in [9.17, 15) is 0 Å². The molecule has 96 heavy (non-hydrogen) atoms. The molecule has 0 spiro atoms. The van der Waals surface area contributed by atoms with Crippen molar-refractivity contribution >= 4 is 17.1 Å². The highest BCUT2D eigenvalue weighted by molar-refractivity contribution is 6.00. The summed E-state index contributed by atoms with van der Waals surface area (Å²) in [6.45, 7) is 29.3. The van der Waals surface area contributed by atoms with Crippen LogP contribution >= 0.6 is 0 Å². The minimum absolute atomic E-state index is 0.149. The second-order valence-electron chi connectivity index (χ2n) is 31.7. The van der Waals surface area contributed by atoms with Gasteiger partial charge in [0.25, 0.3) is 0 Å². The van der Waals surface area contributed by atoms with Gasteiger partial charge < -0.3 is 4.90 Å². The monoisotopic (exact) mass is 1240 g/mol. The predicted molar refractivity (Wildman–Crippen MR) is 407 cm³/mol. The van der Waals surface area contributed by atoms with E-state index in [4.69, 9.17) is 0 Å². The van der Waals surface area contributed by atoms with E-state index in [0.717, 1.165) is 42.7 Å². The Kier molecular flexibility index (Phi) is 13.6. The van der Waals surface area contributed by atoms with Crippen LogP contribution in [0, 0.1) is 11.8 Å². The predicted octanol–water partition coefficient (Wildman–Crippen LogP) is 26.2. The number of rotatable bonds is 13. The Labute approximate surface area is 570 Å². The lowest BCUT2D eigenvalue weighted by Gasteiger charge is -2.35. The summed E-state index contributed by atoms with van der Waals surface area (Å²) in [6.07, 6.45) is 4.37. The third-order valence-corrected chi connectivity index (χ3v) is 23.9. The van der Waals surface area contributed by atoms with Crippen molar-refractivity contribution in [3.8, 4) is 100 Å². The van der Waals surface area contributed by atoms with Gasteiger partial charge in [0.05, 0.1) is 0 Å². The summed E-state index contributed by atoms with van der Waals surface area (Å²) in [4.78, 5) is 2.41. The number of hydrogen-bond acceptors (Lipinski definition) is 1. The smallest absolute Gasteiger partial charge is 0.0465 e. The molecule has 0 fully saturated rings. The average Bonchev–Trinajstić information content (AvgIpc) is 1.53. The van der Waals surface area contributed by atoms with E-state index < -0.39 is 0 Å². The maximum Gasteiger partial charge on any atom is 0.0465 e. The Morgan fingerprint density at radius 1 is 0.229 bits per heavy atom. The van der Waals surface area contributed by atoms with Crippen LogP contribution in [-0.2, 0) is 27.1 Å². The van der Waals surface area contributed by atoms with Gasteiger partial charge in [-0.25, -0.2) is 0 Å². The van der Waals surface area contributed by atoms with Crippen molar-refractivity contribution in [3.05, 3.63) is 304 Å². The van der Waals surface area contributed by atoms with Crippen LogP contribution in [0.4, 0.5) is 17.1 Å². The van der Waals surface area contributed by atoms with Crippen LogP contribution in [-0.4, -0.2) is 0 Å². The van der Waals surface area contributed by atoms with Crippen molar-refractivity contribution < 1.29 is 0 Å². The van der Waals surface area contributed by atoms with Crippen LogP contribution in [0.2, 0.25) is 0 Å². The zero-order chi connectivity index (χ0) is 65.9. The SMILES string of the molecule is CC(C)CCC1(CCC(C)C)c2cc(-c3ccc4c(c3)C(C)(C)c3ccccc3-4)c(-c3ccc4c(c3)C(C)(C)c3ccccc3-4)cc2-c2cc(-c3ccc4c(c3)C(C)(C)c3ccccc3-4)c(-c3ccc4c(c3)C(C)(C)c3cc(N(c5ccccc5)c5ccccc5)ccc3-4)cc21. The lowest BCUT2D eigenvalue weighted by molar-refractivity contribution is 0.364. The molecule has 0 atom stereocenters. The molecule has 0 saturated carbocycles. The van der Waals surface area contributed by atoms with Gasteiger partial charge in [0.15, 0.2) is 0 Å². The van der Waals surface area contributed by atoms with Gasteiger partial charge >= 0.3 is 0 Å². The van der Waals surface area contributed by atoms with E-state index in [-0.39, 0.29) is 27.1 Å². The van der Waals surface area contributed by atoms with Crippen LogP contribution < -0.4 is 4.90 Å². The molecule has 0 unspecified atom stereocenters. The quantitative estimate of drug-likeness (QED) is 0.111. The van der Waals surface area contributed by atoms with Crippen LogP contribution in [0.5, 0.6) is 0 Å². The molecule has 0 saturated heterocycles. The molecule has 0 radical (unpaired) electrons. The topological polar surface area (TPSA) is 3.24 Å². The molecule has 0 amide bonds. The van der Waals surface area contributed by atoms with Gasteiger partial charge in [-0.2, -0.15) is 0 Å². The first kappa shape index (κ1) is 60.1. The second-order valence-corrected chi connectivity index (χ2v) is 31.7. The molecular formula is C95H87N. The Hall–Kier alpha value is -9.56. The first-order valence-electron chi connectivity index (χ1n) is 35.6. The number of para-hydroxylation sites is 2. The molecule has 1 heteroatoms. The van der Waals surface area contributed by atoms with E-state index in [2.05, 4.69) is 337 Å². The Morgan fingerprint density at radius 3 is 0.854 bits per heavy atom. The zero-order valence-electron chi connectivity index (χ0n) is 58.1. The van der Waals surface area contributed by atoms with Crippen molar-refractivity contribution in [3.63, 3.8) is 0 Å². The molecule has 472 valence electrons. The van der Waals surface area contributed by atoms with Crippen LogP contribution in [0.3, 0.4) is 0 Å². The molecular weight excluding hydrogens is 1160 g/mol. The fourth-order valence-corrected chi connectivity index (χ4v) is 18.5. The first-order chi connectivity index (χ1) is 46.2. The summed E-state index contributed by atoms with van der Waals surface area (Å²) < 4.78 is 0. The van der Waals surface area contributed by atoms with Crippen molar-refractivity contribution in [2.45, 2.75) is 136 Å². The van der Waals surface area contributed by atoms with Crippen LogP contribution in [0.15, 0.2) is 249 Å². The van der Waals surface area contributed by atoms with Crippen molar-refractivity contribution in [2.24, 2.45) is 11.8 Å². The highest BCUT2D eigenvalue weighted by atomic mass is 15.1. The molecule has 5 aliphatic rings. The van der Waals surface area contributed by atoms with Gasteiger partial charge in [0.2, 0.25) is 0 Å². The summed E-state index contributed by atoms with van der Waals surface area (Å²) in [5.41, 5.74) is 40.4. The normalized spacial score (nSPS) is 15.9. The number of hydrogen-bond donors (Lipinski definition) is 0. The van der Waals surface area contributed by atoms with Gasteiger partial charge in [-0.05, 0) is 278 Å². The molecule has 12 aromatic rings. The van der Waals surface area contributed by atoms with Crippen molar-refractivity contribution in [1.82, 2.24) is 0 Å². The molecule has 12 aromatic carbocycles. The minimum Gasteiger partial charge on any atom is -0.310 e. The maximum atomic E-state index is 2.74. The van der Waals surface area contributed by atoms with Crippen LogP contribution in [0.1, 0.15) is 164 Å². The summed E-state index contributed by atoms with van der Waals surface area (Å²) >= 11 is 0. The lowest BCUT2D eigenvalue weighted by atomic mass is 9.68. The number of nitrogens with zero attached hydrogens (tertiary/aromatic N) is 1. The van der Waals surface area contributed by atoms with Gasteiger partial charge in [-0.3, -0.25) is 0 Å². The number of anilines is 3. The van der Waals surface area contributed by atoms with E-state index in [1.54, 1.807) is 0 Å². The number of benzene rings is 12. The van der Waals surface area contributed by atoms with Crippen molar-refractivity contribution in [2.75, 3.05) is 4.90 Å². The highest BCUT2D eigenvalue weighted by Gasteiger charge is 2.46. The molecule has 5 aliphatic carbocycles. The number of fused-ring (bicyclic) bond motifs is 15. The van der Waals surface area contributed by atoms with Gasteiger partial charge in [0, 0.05) is 44.1 Å². The third kappa shape index (κ3) is 8.94. The molecule has 0 N–H and O–H groups in total. The first-order valence-corrected chi connectivity index (χ1v) is 35.6. The van der Waals surface area contributed by atoms with E-state index in [1.807, 2.05) is 0 Å². The lowest BCUT2D eigenvalue weighted by Crippen LogP contribution is -2.27. The van der Waals surface area contributed by atoms with Gasteiger partial charge in [-0.15, -0.1) is 0 Å². The Bertz CT molecular complexity index is 5120. The van der Waals surface area contributed by atoms with Gasteiger partial charge in [0.1, 0.15) is 0 Å². The summed E-state index contributed by atoms with van der Waals surface area (Å²) in [6, 6.07) is 97.1. The molecule has 0 aromatic heterocycles. The van der Waals surface area contributed by atoms with Crippen LogP contribution in [0.25, 0.3) is 100 Å². The molecule has 0 aliphatic heterocycles. The largest absolute Gasteiger partial charge is 0.310 e. The van der Waals surface area contributed by atoms with E-state index >= 15 is 0 Å². The highest BCUT2D eigenvalue weighted by Crippen LogP contribution is 2.62. The Morgan fingerprint density at radius 2 is 0.510 bits per heavy atom. The fraction of sp³-hybridized carbons (Fsp3) is 0.242. The third-order valence-electron chi connectivity index (χ3n) is 23.9. The molecule has 1 nitrogen and oxygen atoms in total. The summed E-state index contributed by atoms with van der Waals surface area (Å²) in [5, 5.41) is 0. The van der Waals surface area contributed by atoms with Gasteiger partial charge in [-0.1, -0.05) is 247 Å². The van der Waals surface area contributed by atoms with E-state index in [0.29, 0.717) is 11.8 Å². The minimum atomic E-state index is -0.289. The molecule has 0 bridgehead atoms. The van der Waals surface area contributed by atoms with E-state index in [1.165, 1.54) is 156 Å². The zero-order valence-corrected chi connectivity index (χ0v) is 58.1. The molecule has 17 rings (SSSR count). The second kappa shape index (κ2) is 21.7. The van der Waals surface area contributed by atoms with Crippen molar-refractivity contribution in [1.29, 1.82) is 0 Å².